The lowest BCUT2D eigenvalue weighted by atomic mass is 10.0. The van der Waals surface area contributed by atoms with Crippen LogP contribution in [0.3, 0.4) is 0 Å². The molecular formula is C15H9ClFN. The first kappa shape index (κ1) is 12.3. The van der Waals surface area contributed by atoms with Gasteiger partial charge in [-0.3, -0.25) is 0 Å². The van der Waals surface area contributed by atoms with Crippen LogP contribution in [0.2, 0.25) is 0 Å². The van der Waals surface area contributed by atoms with Gasteiger partial charge in [0.2, 0.25) is 0 Å². The number of benzene rings is 2. The molecule has 88 valence electrons. The van der Waals surface area contributed by atoms with Crippen molar-refractivity contribution in [1.29, 1.82) is 5.26 Å². The molecule has 0 saturated carbocycles. The lowest BCUT2D eigenvalue weighted by Gasteiger charge is -2.04. The van der Waals surface area contributed by atoms with Crippen molar-refractivity contribution in [2.45, 2.75) is 0 Å². The van der Waals surface area contributed by atoms with Gasteiger partial charge in [-0.15, -0.1) is 0 Å². The molecule has 0 spiro atoms. The number of halogens is 2. The summed E-state index contributed by atoms with van der Waals surface area (Å²) in [6.45, 7) is 0. The van der Waals surface area contributed by atoms with Crippen molar-refractivity contribution < 1.29 is 4.39 Å². The Balaban J connectivity index is 2.55. The molecule has 0 saturated heterocycles. The van der Waals surface area contributed by atoms with Crippen molar-refractivity contribution in [1.82, 2.24) is 0 Å². The Hall–Kier alpha value is -2.11. The molecule has 1 nitrogen and oxygen atoms in total. The van der Waals surface area contributed by atoms with E-state index in [-0.39, 0.29) is 10.8 Å². The molecule has 3 heteroatoms. The predicted molar refractivity (Wildman–Crippen MR) is 71.1 cm³/mol. The molecule has 0 aliphatic carbocycles. The summed E-state index contributed by atoms with van der Waals surface area (Å²) in [4.78, 5) is 0. The van der Waals surface area contributed by atoms with Crippen LogP contribution in [0, 0.1) is 17.1 Å². The molecule has 0 atom stereocenters. The molecule has 0 heterocycles. The smallest absolute Gasteiger partial charge is 0.123 e. The van der Waals surface area contributed by atoms with Crippen LogP contribution in [0.4, 0.5) is 4.39 Å². The van der Waals surface area contributed by atoms with E-state index in [4.69, 9.17) is 11.6 Å². The zero-order valence-electron chi connectivity index (χ0n) is 9.40. The van der Waals surface area contributed by atoms with Crippen molar-refractivity contribution in [2.75, 3.05) is 0 Å². The molecule has 2 aromatic rings. The van der Waals surface area contributed by atoms with E-state index in [1.807, 2.05) is 18.2 Å². The Morgan fingerprint density at radius 3 is 2.28 bits per heavy atom. The monoisotopic (exact) mass is 257 g/mol. The summed E-state index contributed by atoms with van der Waals surface area (Å²) in [5, 5.41) is 9.45. The molecule has 2 rings (SSSR count). The van der Waals surface area contributed by atoms with Gasteiger partial charge >= 0.3 is 0 Å². The van der Waals surface area contributed by atoms with Crippen LogP contribution in [0.1, 0.15) is 11.1 Å². The van der Waals surface area contributed by atoms with E-state index >= 15 is 0 Å². The van der Waals surface area contributed by atoms with E-state index in [9.17, 15) is 9.65 Å². The summed E-state index contributed by atoms with van der Waals surface area (Å²) < 4.78 is 13.1. The zero-order chi connectivity index (χ0) is 13.0. The summed E-state index contributed by atoms with van der Waals surface area (Å²) in [5.41, 5.74) is 1.55. The summed E-state index contributed by atoms with van der Waals surface area (Å²) >= 11 is 6.17. The van der Waals surface area contributed by atoms with Crippen LogP contribution in [-0.2, 0) is 0 Å². The molecule has 0 bridgehead atoms. The Labute approximate surface area is 110 Å². The van der Waals surface area contributed by atoms with Gasteiger partial charge in [0.1, 0.15) is 11.9 Å². The van der Waals surface area contributed by atoms with E-state index in [1.54, 1.807) is 24.3 Å². The van der Waals surface area contributed by atoms with Gasteiger partial charge in [-0.05, 0) is 23.3 Å². The molecule has 0 unspecified atom stereocenters. The summed E-state index contributed by atoms with van der Waals surface area (Å²) in [6.07, 6.45) is 0. The minimum Gasteiger partial charge on any atom is -0.207 e. The maximum Gasteiger partial charge on any atom is 0.123 e. The third-order valence-electron chi connectivity index (χ3n) is 2.47. The fourth-order valence-electron chi connectivity index (χ4n) is 1.61. The molecule has 18 heavy (non-hydrogen) atoms. The first-order valence-corrected chi connectivity index (χ1v) is 5.71. The third-order valence-corrected chi connectivity index (χ3v) is 2.88. The second-order valence-electron chi connectivity index (χ2n) is 3.68. The van der Waals surface area contributed by atoms with Gasteiger partial charge in [-0.25, -0.2) is 4.39 Å². The molecule has 0 fully saturated rings. The molecule has 0 aliphatic rings. The van der Waals surface area contributed by atoms with E-state index in [2.05, 4.69) is 6.07 Å². The highest BCUT2D eigenvalue weighted by atomic mass is 35.5. The van der Waals surface area contributed by atoms with E-state index in [1.165, 1.54) is 12.1 Å². The van der Waals surface area contributed by atoms with Gasteiger partial charge in [-0.2, -0.15) is 5.26 Å². The van der Waals surface area contributed by atoms with Crippen molar-refractivity contribution >= 4 is 22.2 Å². The zero-order valence-corrected chi connectivity index (χ0v) is 10.2. The Kier molecular flexibility index (Phi) is 3.76. The second-order valence-corrected chi connectivity index (χ2v) is 4.06. The van der Waals surface area contributed by atoms with Gasteiger partial charge in [0.15, 0.2) is 0 Å². The standard InChI is InChI=1S/C15H9ClFN/c16-15(12-7-4-8-13(17)9-12)14(10-18)11-5-2-1-3-6-11/h1-9H. The normalized spacial score (nSPS) is 11.6. The fraction of sp³-hybridized carbons (Fsp3) is 0. The van der Waals surface area contributed by atoms with E-state index in [0.717, 1.165) is 0 Å². The van der Waals surface area contributed by atoms with Crippen LogP contribution in [0.25, 0.3) is 10.6 Å². The molecular weight excluding hydrogens is 249 g/mol. The van der Waals surface area contributed by atoms with Gasteiger partial charge in [0, 0.05) is 0 Å². The van der Waals surface area contributed by atoms with Crippen molar-refractivity contribution in [3.05, 3.63) is 71.5 Å². The maximum atomic E-state index is 13.1. The Morgan fingerprint density at radius 2 is 1.67 bits per heavy atom. The quantitative estimate of drug-likeness (QED) is 0.576. The van der Waals surface area contributed by atoms with Crippen LogP contribution in [0.15, 0.2) is 54.6 Å². The molecule has 2 aromatic carbocycles. The van der Waals surface area contributed by atoms with Crippen molar-refractivity contribution in [3.8, 4) is 6.07 Å². The lowest BCUT2D eigenvalue weighted by molar-refractivity contribution is 0.627. The van der Waals surface area contributed by atoms with Gasteiger partial charge in [0.05, 0.1) is 10.6 Å². The summed E-state index contributed by atoms with van der Waals surface area (Å²) in [5.74, 6) is -0.379. The Bertz CT molecular complexity index is 626. The highest BCUT2D eigenvalue weighted by molar-refractivity contribution is 6.53. The predicted octanol–water partition coefficient (Wildman–Crippen LogP) is 4.46. The molecule has 0 N–H and O–H groups in total. The average Bonchev–Trinajstić information content (AvgIpc) is 2.41. The number of nitriles is 1. The number of nitrogens with zero attached hydrogens (tertiary/aromatic N) is 1. The van der Waals surface area contributed by atoms with Crippen LogP contribution in [-0.4, -0.2) is 0 Å². The number of hydrogen-bond acceptors (Lipinski definition) is 1. The minimum atomic E-state index is -0.379. The van der Waals surface area contributed by atoms with E-state index in [0.29, 0.717) is 16.7 Å². The molecule has 0 aliphatic heterocycles. The SMILES string of the molecule is N#CC(=C(Cl)c1cccc(F)c1)c1ccccc1. The lowest BCUT2D eigenvalue weighted by Crippen LogP contribution is -1.86. The largest absolute Gasteiger partial charge is 0.207 e. The fourth-order valence-corrected chi connectivity index (χ4v) is 1.88. The topological polar surface area (TPSA) is 23.8 Å². The first-order valence-electron chi connectivity index (χ1n) is 5.33. The average molecular weight is 258 g/mol. The summed E-state index contributed by atoms with van der Waals surface area (Å²) in [7, 11) is 0. The first-order chi connectivity index (χ1) is 8.72. The van der Waals surface area contributed by atoms with Crippen molar-refractivity contribution in [2.24, 2.45) is 0 Å². The number of rotatable bonds is 2. The van der Waals surface area contributed by atoms with Gasteiger partial charge in [-0.1, -0.05) is 54.1 Å². The summed E-state index contributed by atoms with van der Waals surface area (Å²) in [6, 6.07) is 17.0. The van der Waals surface area contributed by atoms with Gasteiger partial charge < -0.3 is 0 Å². The van der Waals surface area contributed by atoms with Gasteiger partial charge in [0.25, 0.3) is 0 Å². The highest BCUT2D eigenvalue weighted by Gasteiger charge is 2.09. The van der Waals surface area contributed by atoms with Crippen molar-refractivity contribution in [3.63, 3.8) is 0 Å². The third kappa shape index (κ3) is 2.58. The highest BCUT2D eigenvalue weighted by Crippen LogP contribution is 2.29. The van der Waals surface area contributed by atoms with E-state index < -0.39 is 0 Å². The Morgan fingerprint density at radius 1 is 1.00 bits per heavy atom. The second kappa shape index (κ2) is 5.48. The molecule has 0 amide bonds. The van der Waals surface area contributed by atoms with Crippen LogP contribution < -0.4 is 0 Å². The molecule has 0 radical (unpaired) electrons. The van der Waals surface area contributed by atoms with Crippen LogP contribution in [0.5, 0.6) is 0 Å². The number of allylic oxidation sites excluding steroid dienone is 1. The maximum absolute atomic E-state index is 13.1. The van der Waals surface area contributed by atoms with Crippen LogP contribution >= 0.6 is 11.6 Å². The number of hydrogen-bond donors (Lipinski definition) is 0. The molecule has 0 aromatic heterocycles. The minimum absolute atomic E-state index is 0.253.